The summed E-state index contributed by atoms with van der Waals surface area (Å²) in [5.74, 6) is 1.97. The monoisotopic (exact) mass is 535 g/mol. The number of rotatable bonds is 4. The molecule has 7 aromatic carbocycles. The maximum Gasteiger partial charge on any atom is 0.164 e. The summed E-state index contributed by atoms with van der Waals surface area (Å²) in [5.41, 5.74) is 5.10. The van der Waals surface area contributed by atoms with E-state index in [2.05, 4.69) is 91.0 Å². The molecule has 0 spiro atoms. The third-order valence-electron chi connectivity index (χ3n) is 7.92. The van der Waals surface area contributed by atoms with Gasteiger partial charge in [0.15, 0.2) is 17.5 Å². The van der Waals surface area contributed by atoms with Crippen LogP contribution in [-0.4, -0.2) is 15.0 Å². The van der Waals surface area contributed by atoms with Gasteiger partial charge in [-0.1, -0.05) is 146 Å². The second kappa shape index (κ2) is 10.1. The topological polar surface area (TPSA) is 38.7 Å². The van der Waals surface area contributed by atoms with Crippen LogP contribution < -0.4 is 0 Å². The molecule has 0 atom stereocenters. The molecule has 8 rings (SSSR count). The molecule has 0 aliphatic rings. The van der Waals surface area contributed by atoms with E-state index in [4.69, 9.17) is 15.0 Å². The lowest BCUT2D eigenvalue weighted by Crippen LogP contribution is -2.01. The van der Waals surface area contributed by atoms with E-state index < -0.39 is 0 Å². The van der Waals surface area contributed by atoms with Gasteiger partial charge in [0.25, 0.3) is 0 Å². The van der Waals surface area contributed by atoms with Gasteiger partial charge in [0.05, 0.1) is 0 Å². The molecule has 0 unspecified atom stereocenters. The summed E-state index contributed by atoms with van der Waals surface area (Å²) in [5, 5.41) is 7.56. The molecule has 0 amide bonds. The maximum atomic E-state index is 5.02. The van der Waals surface area contributed by atoms with Crippen LogP contribution in [0.4, 0.5) is 0 Å². The zero-order chi connectivity index (χ0) is 27.9. The number of benzene rings is 7. The first kappa shape index (κ1) is 24.2. The molecule has 0 aliphatic heterocycles. The van der Waals surface area contributed by atoms with Crippen molar-refractivity contribution in [3.63, 3.8) is 0 Å². The summed E-state index contributed by atoms with van der Waals surface area (Å²) in [6.45, 7) is 0. The Hall–Kier alpha value is -5.67. The highest BCUT2D eigenvalue weighted by molar-refractivity contribution is 6.25. The fraction of sp³-hybridized carbons (Fsp3) is 0. The summed E-state index contributed by atoms with van der Waals surface area (Å²) < 4.78 is 0. The molecule has 3 heteroatoms. The lowest BCUT2D eigenvalue weighted by molar-refractivity contribution is 1.07. The van der Waals surface area contributed by atoms with Gasteiger partial charge in [-0.25, -0.2) is 15.0 Å². The Bertz CT molecular complexity index is 2150. The molecule has 42 heavy (non-hydrogen) atoms. The van der Waals surface area contributed by atoms with E-state index in [9.17, 15) is 0 Å². The standard InChI is InChI=1S/C39H25N3/c1-3-13-26(14-4-1)37-40-38(27-15-5-2-6-16-27)42-39(41-37)35-22-12-7-17-29(35)28-23-24-34-32-20-9-8-18-30(32)31-19-10-11-21-33(31)36(34)25-28/h1-25H. The van der Waals surface area contributed by atoms with Crippen molar-refractivity contribution in [3.05, 3.63) is 152 Å². The molecule has 0 N–H and O–H groups in total. The third-order valence-corrected chi connectivity index (χ3v) is 7.92. The quantitative estimate of drug-likeness (QED) is 0.211. The van der Waals surface area contributed by atoms with Crippen LogP contribution in [0.3, 0.4) is 0 Å². The minimum Gasteiger partial charge on any atom is -0.208 e. The van der Waals surface area contributed by atoms with Gasteiger partial charge in [0.2, 0.25) is 0 Å². The highest BCUT2D eigenvalue weighted by Crippen LogP contribution is 2.39. The Kier molecular flexibility index (Phi) is 5.79. The predicted molar refractivity (Wildman–Crippen MR) is 174 cm³/mol. The molecular weight excluding hydrogens is 510 g/mol. The third kappa shape index (κ3) is 4.11. The van der Waals surface area contributed by atoms with Crippen LogP contribution >= 0.6 is 0 Å². The summed E-state index contributed by atoms with van der Waals surface area (Å²) in [6.07, 6.45) is 0. The lowest BCUT2D eigenvalue weighted by atomic mass is 9.91. The Labute approximate surface area is 243 Å². The zero-order valence-electron chi connectivity index (χ0n) is 22.8. The number of aromatic nitrogens is 3. The Morgan fingerprint density at radius 3 is 1.21 bits per heavy atom. The van der Waals surface area contributed by atoms with Crippen LogP contribution in [0, 0.1) is 0 Å². The number of hydrogen-bond donors (Lipinski definition) is 0. The van der Waals surface area contributed by atoms with Gasteiger partial charge in [-0.15, -0.1) is 0 Å². The van der Waals surface area contributed by atoms with Gasteiger partial charge in [0, 0.05) is 16.7 Å². The second-order valence-electron chi connectivity index (χ2n) is 10.4. The highest BCUT2D eigenvalue weighted by Gasteiger charge is 2.16. The van der Waals surface area contributed by atoms with E-state index in [1.165, 1.54) is 32.3 Å². The fourth-order valence-corrected chi connectivity index (χ4v) is 5.93. The van der Waals surface area contributed by atoms with Gasteiger partial charge in [-0.05, 0) is 49.5 Å². The van der Waals surface area contributed by atoms with Crippen molar-refractivity contribution in [2.75, 3.05) is 0 Å². The highest BCUT2D eigenvalue weighted by atomic mass is 15.0. The molecule has 0 bridgehead atoms. The maximum absolute atomic E-state index is 5.02. The van der Waals surface area contributed by atoms with Crippen LogP contribution in [0.15, 0.2) is 152 Å². The summed E-state index contributed by atoms with van der Waals surface area (Å²) >= 11 is 0. The first-order chi connectivity index (χ1) is 20.8. The number of nitrogens with zero attached hydrogens (tertiary/aromatic N) is 3. The van der Waals surface area contributed by atoms with Gasteiger partial charge in [-0.2, -0.15) is 0 Å². The molecular formula is C39H25N3. The molecule has 3 nitrogen and oxygen atoms in total. The van der Waals surface area contributed by atoms with E-state index in [-0.39, 0.29) is 0 Å². The zero-order valence-corrected chi connectivity index (χ0v) is 22.8. The molecule has 8 aromatic rings. The molecule has 0 saturated heterocycles. The minimum absolute atomic E-state index is 0.654. The SMILES string of the molecule is c1ccc(-c2nc(-c3ccccc3)nc(-c3ccccc3-c3ccc4c5ccccc5c5ccccc5c4c3)n2)cc1. The van der Waals surface area contributed by atoms with Crippen LogP contribution in [0.1, 0.15) is 0 Å². The molecule has 0 radical (unpaired) electrons. The van der Waals surface area contributed by atoms with Crippen LogP contribution in [0.25, 0.3) is 77.6 Å². The van der Waals surface area contributed by atoms with Crippen LogP contribution in [0.5, 0.6) is 0 Å². The number of hydrogen-bond acceptors (Lipinski definition) is 3. The molecule has 1 aromatic heterocycles. The molecule has 0 aliphatic carbocycles. The van der Waals surface area contributed by atoms with Crippen molar-refractivity contribution in [2.24, 2.45) is 0 Å². The second-order valence-corrected chi connectivity index (χ2v) is 10.4. The van der Waals surface area contributed by atoms with Crippen molar-refractivity contribution in [3.8, 4) is 45.3 Å². The largest absolute Gasteiger partial charge is 0.208 e. The Balaban J connectivity index is 1.36. The molecule has 0 saturated carbocycles. The Morgan fingerprint density at radius 1 is 0.262 bits per heavy atom. The van der Waals surface area contributed by atoms with Crippen molar-refractivity contribution < 1.29 is 0 Å². The molecule has 0 fully saturated rings. The van der Waals surface area contributed by atoms with Crippen LogP contribution in [-0.2, 0) is 0 Å². The van der Waals surface area contributed by atoms with Gasteiger partial charge in [0.1, 0.15) is 0 Å². The van der Waals surface area contributed by atoms with E-state index in [1.807, 2.05) is 60.7 Å². The van der Waals surface area contributed by atoms with Crippen molar-refractivity contribution >= 4 is 32.3 Å². The van der Waals surface area contributed by atoms with Gasteiger partial charge in [-0.3, -0.25) is 0 Å². The van der Waals surface area contributed by atoms with E-state index in [0.717, 1.165) is 27.8 Å². The van der Waals surface area contributed by atoms with Crippen molar-refractivity contribution in [2.45, 2.75) is 0 Å². The van der Waals surface area contributed by atoms with Gasteiger partial charge >= 0.3 is 0 Å². The normalized spacial score (nSPS) is 11.3. The fourth-order valence-electron chi connectivity index (χ4n) is 5.93. The molecule has 1 heterocycles. The molecule has 196 valence electrons. The average molecular weight is 536 g/mol. The smallest absolute Gasteiger partial charge is 0.164 e. The summed E-state index contributed by atoms with van der Waals surface area (Å²) in [4.78, 5) is 14.9. The lowest BCUT2D eigenvalue weighted by Gasteiger charge is -2.14. The number of fused-ring (bicyclic) bond motifs is 6. The predicted octanol–water partition coefficient (Wildman–Crippen LogP) is 10.00. The first-order valence-electron chi connectivity index (χ1n) is 14.1. The first-order valence-corrected chi connectivity index (χ1v) is 14.1. The summed E-state index contributed by atoms with van der Waals surface area (Å²) in [7, 11) is 0. The van der Waals surface area contributed by atoms with E-state index in [0.29, 0.717) is 17.5 Å². The average Bonchev–Trinajstić information content (AvgIpc) is 3.09. The summed E-state index contributed by atoms with van der Waals surface area (Å²) in [6, 6.07) is 52.8. The van der Waals surface area contributed by atoms with E-state index in [1.54, 1.807) is 0 Å². The van der Waals surface area contributed by atoms with Gasteiger partial charge < -0.3 is 0 Å². The van der Waals surface area contributed by atoms with E-state index >= 15 is 0 Å². The van der Waals surface area contributed by atoms with Crippen molar-refractivity contribution in [1.29, 1.82) is 0 Å². The van der Waals surface area contributed by atoms with Crippen LogP contribution in [0.2, 0.25) is 0 Å². The minimum atomic E-state index is 0.654. The Morgan fingerprint density at radius 2 is 0.667 bits per heavy atom. The van der Waals surface area contributed by atoms with Crippen molar-refractivity contribution in [1.82, 2.24) is 15.0 Å².